The molecule has 12 heteroatoms. The lowest BCUT2D eigenvalue weighted by Gasteiger charge is -2.17. The molecule has 41 heavy (non-hydrogen) atoms. The molecule has 208 valence electrons. The number of rotatable bonds is 8. The number of fused-ring (bicyclic) bond motifs is 2. The highest BCUT2D eigenvalue weighted by Gasteiger charge is 2.20. The Morgan fingerprint density at radius 3 is 2.71 bits per heavy atom. The Morgan fingerprint density at radius 2 is 2.00 bits per heavy atom. The van der Waals surface area contributed by atoms with Crippen molar-refractivity contribution in [2.45, 2.75) is 20.0 Å². The molecule has 3 aromatic heterocycles. The number of thiophene rings is 1. The Morgan fingerprint density at radius 1 is 1.22 bits per heavy atom. The van der Waals surface area contributed by atoms with Gasteiger partial charge in [-0.15, -0.1) is 11.3 Å². The van der Waals surface area contributed by atoms with Gasteiger partial charge in [-0.2, -0.15) is 5.26 Å². The van der Waals surface area contributed by atoms with Crippen LogP contribution in [-0.2, 0) is 13.1 Å². The van der Waals surface area contributed by atoms with E-state index in [9.17, 15) is 20.0 Å². The third kappa shape index (κ3) is 5.37. The molecule has 0 aliphatic carbocycles. The van der Waals surface area contributed by atoms with Gasteiger partial charge in [0, 0.05) is 44.9 Å². The zero-order chi connectivity index (χ0) is 29.4. The third-order valence-corrected chi connectivity index (χ3v) is 8.14. The predicted octanol–water partition coefficient (Wildman–Crippen LogP) is 6.00. The van der Waals surface area contributed by atoms with Crippen molar-refractivity contribution in [3.8, 4) is 22.9 Å². The Balaban J connectivity index is 1.50. The second kappa shape index (κ2) is 11.5. The molecular formula is C29H23Cl2N5O4S. The van der Waals surface area contributed by atoms with Gasteiger partial charge in [0.2, 0.25) is 0 Å². The first-order chi connectivity index (χ1) is 19.6. The number of aryl methyl sites for hydroxylation is 1. The van der Waals surface area contributed by atoms with Crippen molar-refractivity contribution in [1.82, 2.24) is 19.4 Å². The first-order valence-corrected chi connectivity index (χ1v) is 14.0. The van der Waals surface area contributed by atoms with Crippen molar-refractivity contribution >= 4 is 61.6 Å². The van der Waals surface area contributed by atoms with Crippen molar-refractivity contribution in [1.29, 1.82) is 5.26 Å². The quantitative estimate of drug-likeness (QED) is 0.228. The lowest BCUT2D eigenvalue weighted by atomic mass is 10.0. The molecule has 0 aliphatic rings. The Hall–Kier alpha value is -4.01. The van der Waals surface area contributed by atoms with E-state index in [4.69, 9.17) is 27.9 Å². The van der Waals surface area contributed by atoms with Gasteiger partial charge in [0.25, 0.3) is 5.56 Å². The molecule has 5 aromatic rings. The van der Waals surface area contributed by atoms with E-state index in [1.807, 2.05) is 19.0 Å². The van der Waals surface area contributed by atoms with Gasteiger partial charge in [-0.3, -0.25) is 14.3 Å². The van der Waals surface area contributed by atoms with Crippen molar-refractivity contribution in [2.75, 3.05) is 20.7 Å². The van der Waals surface area contributed by atoms with Gasteiger partial charge in [0.15, 0.2) is 0 Å². The smallest absolute Gasteiger partial charge is 0.338 e. The van der Waals surface area contributed by atoms with Crippen LogP contribution in [0.1, 0.15) is 27.3 Å². The fourth-order valence-electron chi connectivity index (χ4n) is 4.74. The summed E-state index contributed by atoms with van der Waals surface area (Å²) in [5, 5.41) is 22.1. The molecule has 2 aromatic carbocycles. The normalized spacial score (nSPS) is 11.3. The number of nitrogens with zero attached hydrogens (tertiary/aromatic N) is 5. The van der Waals surface area contributed by atoms with Gasteiger partial charge in [-0.25, -0.2) is 9.78 Å². The molecule has 3 heterocycles. The van der Waals surface area contributed by atoms with Gasteiger partial charge in [-0.1, -0.05) is 23.2 Å². The fourth-order valence-corrected chi connectivity index (χ4v) is 6.20. The summed E-state index contributed by atoms with van der Waals surface area (Å²) in [4.78, 5) is 36.0. The van der Waals surface area contributed by atoms with Crippen LogP contribution in [0.5, 0.6) is 5.75 Å². The number of aromatic carboxylic acids is 1. The minimum atomic E-state index is -1.05. The number of carbonyl (C=O) groups is 1. The SMILES string of the molecule is Cc1nc2cc(Cl)c(CN(C)C)c(C#N)c2c(=O)n1CCOc1ccc(Cl)cc1-c1ccnc2c(C(=O)O)csc12. The lowest BCUT2D eigenvalue weighted by molar-refractivity contribution is 0.0699. The molecule has 0 unspecified atom stereocenters. The van der Waals surface area contributed by atoms with Gasteiger partial charge < -0.3 is 14.7 Å². The second-order valence-corrected chi connectivity index (χ2v) is 11.3. The molecular weight excluding hydrogens is 585 g/mol. The summed E-state index contributed by atoms with van der Waals surface area (Å²) in [6, 6.07) is 10.7. The molecule has 1 N–H and O–H groups in total. The summed E-state index contributed by atoms with van der Waals surface area (Å²) in [5.74, 6) is -0.0910. The molecule has 5 rings (SSSR count). The zero-order valence-corrected chi connectivity index (χ0v) is 24.6. The third-order valence-electron chi connectivity index (χ3n) is 6.57. The highest BCUT2D eigenvalue weighted by molar-refractivity contribution is 7.18. The van der Waals surface area contributed by atoms with Crippen molar-refractivity contribution < 1.29 is 14.6 Å². The van der Waals surface area contributed by atoms with E-state index in [1.54, 1.807) is 48.8 Å². The van der Waals surface area contributed by atoms with Crippen LogP contribution < -0.4 is 10.3 Å². The number of carboxylic acid groups (broad SMARTS) is 1. The van der Waals surface area contributed by atoms with Crippen LogP contribution in [0.2, 0.25) is 10.0 Å². The van der Waals surface area contributed by atoms with Gasteiger partial charge >= 0.3 is 5.97 Å². The van der Waals surface area contributed by atoms with Crippen LogP contribution in [0.25, 0.3) is 32.2 Å². The number of hydrogen-bond acceptors (Lipinski definition) is 8. The number of halogens is 2. The number of ether oxygens (including phenoxy) is 1. The van der Waals surface area contributed by atoms with E-state index < -0.39 is 5.97 Å². The average molecular weight is 609 g/mol. The van der Waals surface area contributed by atoms with E-state index in [1.165, 1.54) is 15.9 Å². The van der Waals surface area contributed by atoms with Gasteiger partial charge in [0.1, 0.15) is 24.3 Å². The summed E-state index contributed by atoms with van der Waals surface area (Å²) in [6.45, 7) is 2.39. The van der Waals surface area contributed by atoms with Crippen molar-refractivity contribution in [3.05, 3.63) is 84.8 Å². The molecule has 0 atom stereocenters. The monoisotopic (exact) mass is 607 g/mol. The van der Waals surface area contributed by atoms with Crippen LogP contribution >= 0.6 is 34.5 Å². The molecule has 0 saturated heterocycles. The van der Waals surface area contributed by atoms with E-state index in [2.05, 4.69) is 16.0 Å². The average Bonchev–Trinajstić information content (AvgIpc) is 3.36. The van der Waals surface area contributed by atoms with Gasteiger partial charge in [0.05, 0.1) is 38.8 Å². The molecule has 0 fully saturated rings. The summed E-state index contributed by atoms with van der Waals surface area (Å²) in [7, 11) is 3.71. The number of nitriles is 1. The van der Waals surface area contributed by atoms with Crippen molar-refractivity contribution in [2.24, 2.45) is 0 Å². The fraction of sp³-hybridized carbons (Fsp3) is 0.207. The maximum atomic E-state index is 13.6. The number of pyridine rings is 1. The topological polar surface area (TPSA) is 121 Å². The van der Waals surface area contributed by atoms with Crippen molar-refractivity contribution in [3.63, 3.8) is 0 Å². The number of aromatic nitrogens is 3. The van der Waals surface area contributed by atoms with Crippen LogP contribution in [0.3, 0.4) is 0 Å². The van der Waals surface area contributed by atoms with Crippen LogP contribution in [0, 0.1) is 18.3 Å². The summed E-state index contributed by atoms with van der Waals surface area (Å²) in [6.07, 6.45) is 1.55. The molecule has 0 spiro atoms. The first kappa shape index (κ1) is 28.5. The number of carboxylic acids is 1. The Bertz CT molecular complexity index is 1940. The summed E-state index contributed by atoms with van der Waals surface area (Å²) >= 11 is 14.1. The summed E-state index contributed by atoms with van der Waals surface area (Å²) in [5.41, 5.74) is 2.72. The zero-order valence-electron chi connectivity index (χ0n) is 22.2. The Kier molecular flexibility index (Phi) is 7.98. The molecule has 0 bridgehead atoms. The van der Waals surface area contributed by atoms with Crippen LogP contribution in [0.15, 0.2) is 46.7 Å². The van der Waals surface area contributed by atoms with E-state index in [0.717, 1.165) is 5.56 Å². The molecule has 9 nitrogen and oxygen atoms in total. The standard InChI is InChI=1S/C29H23Cl2N5O4S/c1-15-34-23-11-22(31)20(13-35(2)3)19(12-32)25(23)28(37)36(15)8-9-40-24-5-4-16(30)10-18(24)17-6-7-33-26-21(29(38)39)14-41-27(17)26/h4-7,10-11,14H,8-9,13H2,1-3H3,(H,38,39). The maximum absolute atomic E-state index is 13.6. The van der Waals surface area contributed by atoms with E-state index in [0.29, 0.717) is 55.0 Å². The first-order valence-electron chi connectivity index (χ1n) is 12.4. The minimum Gasteiger partial charge on any atom is -0.491 e. The second-order valence-electron chi connectivity index (χ2n) is 9.55. The number of benzene rings is 2. The highest BCUT2D eigenvalue weighted by Crippen LogP contribution is 2.39. The van der Waals surface area contributed by atoms with E-state index in [-0.39, 0.29) is 35.2 Å². The predicted molar refractivity (Wildman–Crippen MR) is 160 cm³/mol. The maximum Gasteiger partial charge on any atom is 0.338 e. The Labute approximate surface area is 248 Å². The van der Waals surface area contributed by atoms with Gasteiger partial charge in [-0.05, 0) is 51.4 Å². The lowest BCUT2D eigenvalue weighted by Crippen LogP contribution is -2.27. The van der Waals surface area contributed by atoms with Crippen LogP contribution in [0.4, 0.5) is 0 Å². The highest BCUT2D eigenvalue weighted by atomic mass is 35.5. The molecule has 0 amide bonds. The van der Waals surface area contributed by atoms with Crippen LogP contribution in [-0.4, -0.2) is 51.2 Å². The molecule has 0 radical (unpaired) electrons. The summed E-state index contributed by atoms with van der Waals surface area (Å²) < 4.78 is 8.33. The van der Waals surface area contributed by atoms with E-state index >= 15 is 0 Å². The largest absolute Gasteiger partial charge is 0.491 e. The molecule has 0 aliphatic heterocycles. The minimum absolute atomic E-state index is 0.113. The number of hydrogen-bond donors (Lipinski definition) is 1. The molecule has 0 saturated carbocycles.